The van der Waals surface area contributed by atoms with E-state index in [2.05, 4.69) is 24.4 Å². The van der Waals surface area contributed by atoms with Crippen LogP contribution in [0.4, 0.5) is 0 Å². The average Bonchev–Trinajstić information content (AvgIpc) is 2.80. The van der Waals surface area contributed by atoms with Crippen LogP contribution in [-0.4, -0.2) is 5.91 Å². The van der Waals surface area contributed by atoms with Gasteiger partial charge in [-0.1, -0.05) is 153 Å². The van der Waals surface area contributed by atoms with Crippen molar-refractivity contribution in [3.8, 4) is 0 Å². The van der Waals surface area contributed by atoms with Gasteiger partial charge in [0.2, 0.25) is 5.91 Å². The zero-order valence-corrected chi connectivity index (χ0v) is 20.6. The summed E-state index contributed by atoms with van der Waals surface area (Å²) in [6, 6.07) is 10.1. The van der Waals surface area contributed by atoms with Crippen molar-refractivity contribution >= 4 is 5.91 Å². The summed E-state index contributed by atoms with van der Waals surface area (Å²) in [5.74, 6) is 0.191. The van der Waals surface area contributed by atoms with Gasteiger partial charge in [0.1, 0.15) is 0 Å². The number of rotatable bonds is 22. The third kappa shape index (κ3) is 19.1. The van der Waals surface area contributed by atoms with Crippen LogP contribution in [0, 0.1) is 0 Å². The number of amides is 1. The van der Waals surface area contributed by atoms with Crippen molar-refractivity contribution < 1.29 is 4.79 Å². The largest absolute Gasteiger partial charge is 0.352 e. The van der Waals surface area contributed by atoms with Gasteiger partial charge in [0.05, 0.1) is 0 Å². The van der Waals surface area contributed by atoms with Gasteiger partial charge < -0.3 is 5.32 Å². The fourth-order valence-corrected chi connectivity index (χ4v) is 4.25. The first-order valence-electron chi connectivity index (χ1n) is 13.6. The Labute approximate surface area is 194 Å². The molecule has 31 heavy (non-hydrogen) atoms. The van der Waals surface area contributed by atoms with Crippen LogP contribution in [0.3, 0.4) is 0 Å². The molecule has 1 amide bonds. The van der Waals surface area contributed by atoms with Crippen molar-refractivity contribution in [2.75, 3.05) is 0 Å². The minimum atomic E-state index is 0.191. The van der Waals surface area contributed by atoms with Gasteiger partial charge in [0.15, 0.2) is 0 Å². The van der Waals surface area contributed by atoms with Crippen LogP contribution in [0.5, 0.6) is 0 Å². The van der Waals surface area contributed by atoms with Crippen LogP contribution in [0.2, 0.25) is 0 Å². The number of unbranched alkanes of at least 4 members (excludes halogenated alkanes) is 18. The molecule has 0 saturated carbocycles. The zero-order valence-electron chi connectivity index (χ0n) is 20.6. The molecular formula is C29H51NO. The van der Waals surface area contributed by atoms with Crippen LogP contribution in [-0.2, 0) is 11.3 Å². The minimum absolute atomic E-state index is 0.191. The Hall–Kier alpha value is -1.31. The van der Waals surface area contributed by atoms with E-state index in [-0.39, 0.29) is 5.91 Å². The molecule has 0 aromatic heterocycles. The molecule has 178 valence electrons. The second-order valence-electron chi connectivity index (χ2n) is 9.38. The van der Waals surface area contributed by atoms with E-state index in [1.807, 2.05) is 18.2 Å². The molecule has 0 bridgehead atoms. The second kappa shape index (κ2) is 21.9. The zero-order chi connectivity index (χ0) is 22.2. The van der Waals surface area contributed by atoms with Crippen LogP contribution < -0.4 is 5.32 Å². The van der Waals surface area contributed by atoms with E-state index in [4.69, 9.17) is 0 Å². The highest BCUT2D eigenvalue weighted by Crippen LogP contribution is 2.14. The van der Waals surface area contributed by atoms with Crippen LogP contribution in [0.15, 0.2) is 30.3 Å². The van der Waals surface area contributed by atoms with E-state index in [0.29, 0.717) is 13.0 Å². The summed E-state index contributed by atoms with van der Waals surface area (Å²) >= 11 is 0. The predicted molar refractivity (Wildman–Crippen MR) is 136 cm³/mol. The first-order valence-corrected chi connectivity index (χ1v) is 13.6. The number of carbonyl (C=O) groups excluding carboxylic acids is 1. The molecule has 1 rings (SSSR count). The Morgan fingerprint density at radius 3 is 1.39 bits per heavy atom. The third-order valence-corrected chi connectivity index (χ3v) is 6.34. The van der Waals surface area contributed by atoms with Crippen molar-refractivity contribution in [3.05, 3.63) is 35.9 Å². The normalized spacial score (nSPS) is 11.0. The van der Waals surface area contributed by atoms with E-state index in [1.54, 1.807) is 0 Å². The number of hydrogen-bond acceptors (Lipinski definition) is 1. The van der Waals surface area contributed by atoms with Crippen LogP contribution in [0.25, 0.3) is 0 Å². The van der Waals surface area contributed by atoms with Gasteiger partial charge >= 0.3 is 0 Å². The summed E-state index contributed by atoms with van der Waals surface area (Å²) in [5.41, 5.74) is 1.17. The highest BCUT2D eigenvalue weighted by molar-refractivity contribution is 5.75. The highest BCUT2D eigenvalue weighted by atomic mass is 16.1. The monoisotopic (exact) mass is 429 g/mol. The Morgan fingerprint density at radius 2 is 0.968 bits per heavy atom. The summed E-state index contributed by atoms with van der Waals surface area (Å²) in [5, 5.41) is 3.02. The lowest BCUT2D eigenvalue weighted by Crippen LogP contribution is -2.22. The van der Waals surface area contributed by atoms with Crippen LogP contribution in [0.1, 0.15) is 141 Å². The lowest BCUT2D eigenvalue weighted by molar-refractivity contribution is -0.121. The summed E-state index contributed by atoms with van der Waals surface area (Å²) in [6.45, 7) is 2.94. The lowest BCUT2D eigenvalue weighted by Gasteiger charge is -2.06. The molecule has 1 aromatic rings. The molecule has 0 unspecified atom stereocenters. The molecule has 0 spiro atoms. The molecular weight excluding hydrogens is 378 g/mol. The van der Waals surface area contributed by atoms with Gasteiger partial charge in [0.25, 0.3) is 0 Å². The fraction of sp³-hybridized carbons (Fsp3) is 0.759. The lowest BCUT2D eigenvalue weighted by atomic mass is 10.0. The average molecular weight is 430 g/mol. The van der Waals surface area contributed by atoms with Crippen molar-refractivity contribution in [1.82, 2.24) is 5.32 Å². The Kier molecular flexibility index (Phi) is 19.6. The summed E-state index contributed by atoms with van der Waals surface area (Å²) in [7, 11) is 0. The molecule has 0 saturated heterocycles. The maximum Gasteiger partial charge on any atom is 0.220 e. The van der Waals surface area contributed by atoms with Gasteiger partial charge in [-0.15, -0.1) is 0 Å². The van der Waals surface area contributed by atoms with Gasteiger partial charge in [0, 0.05) is 13.0 Å². The van der Waals surface area contributed by atoms with E-state index < -0.39 is 0 Å². The molecule has 0 aliphatic carbocycles. The fourth-order valence-electron chi connectivity index (χ4n) is 4.25. The molecule has 1 aromatic carbocycles. The van der Waals surface area contributed by atoms with Crippen molar-refractivity contribution in [3.63, 3.8) is 0 Å². The first-order chi connectivity index (χ1) is 15.3. The topological polar surface area (TPSA) is 29.1 Å². The molecule has 1 N–H and O–H groups in total. The summed E-state index contributed by atoms with van der Waals surface area (Å²) < 4.78 is 0. The van der Waals surface area contributed by atoms with Crippen molar-refractivity contribution in [1.29, 1.82) is 0 Å². The quantitative estimate of drug-likeness (QED) is 0.183. The van der Waals surface area contributed by atoms with Crippen LogP contribution >= 0.6 is 0 Å². The number of benzene rings is 1. The number of hydrogen-bond donors (Lipinski definition) is 1. The van der Waals surface area contributed by atoms with Gasteiger partial charge in [-0.05, 0) is 12.0 Å². The van der Waals surface area contributed by atoms with Crippen molar-refractivity contribution in [2.24, 2.45) is 0 Å². The Morgan fingerprint density at radius 1 is 0.581 bits per heavy atom. The standard InChI is InChI=1S/C29H51NO/c1-2-3-4-5-6-7-8-9-10-11-12-13-14-15-16-17-18-19-23-26-29(31)30-27-28-24-21-20-22-25-28/h20-22,24-25H,2-19,23,26-27H2,1H3,(H,30,31). The van der Waals surface area contributed by atoms with Crippen molar-refractivity contribution in [2.45, 2.75) is 142 Å². The summed E-state index contributed by atoms with van der Waals surface area (Å²) in [4.78, 5) is 11.9. The van der Waals surface area contributed by atoms with E-state index in [1.165, 1.54) is 121 Å². The molecule has 0 atom stereocenters. The highest BCUT2D eigenvalue weighted by Gasteiger charge is 2.01. The van der Waals surface area contributed by atoms with Gasteiger partial charge in [-0.25, -0.2) is 0 Å². The van der Waals surface area contributed by atoms with E-state index >= 15 is 0 Å². The Bertz CT molecular complexity index is 499. The summed E-state index contributed by atoms with van der Waals surface area (Å²) in [6.07, 6.45) is 27.0. The first kappa shape index (κ1) is 27.7. The molecule has 0 radical (unpaired) electrons. The predicted octanol–water partition coefficient (Wildman–Crippen LogP) is 9.12. The number of carbonyl (C=O) groups is 1. The maximum atomic E-state index is 11.9. The smallest absolute Gasteiger partial charge is 0.220 e. The Balaban J connectivity index is 1.72. The SMILES string of the molecule is CCCCCCCCCCCCCCCCCCCCCC(=O)NCc1ccccc1. The molecule has 2 nitrogen and oxygen atoms in total. The molecule has 0 aliphatic heterocycles. The second-order valence-corrected chi connectivity index (χ2v) is 9.38. The maximum absolute atomic E-state index is 11.9. The van der Waals surface area contributed by atoms with E-state index in [9.17, 15) is 4.79 Å². The minimum Gasteiger partial charge on any atom is -0.352 e. The number of nitrogens with one attached hydrogen (secondary N) is 1. The molecule has 0 aliphatic rings. The molecule has 0 heterocycles. The molecule has 2 heteroatoms. The van der Waals surface area contributed by atoms with Gasteiger partial charge in [-0.3, -0.25) is 4.79 Å². The van der Waals surface area contributed by atoms with Gasteiger partial charge in [-0.2, -0.15) is 0 Å². The third-order valence-electron chi connectivity index (χ3n) is 6.34. The van der Waals surface area contributed by atoms with E-state index in [0.717, 1.165) is 6.42 Å². The molecule has 0 fully saturated rings.